The van der Waals surface area contributed by atoms with E-state index in [1.165, 1.54) is 0 Å². The van der Waals surface area contributed by atoms with Crippen LogP contribution in [0.1, 0.15) is 44.0 Å². The van der Waals surface area contributed by atoms with Gasteiger partial charge in [0.2, 0.25) is 0 Å². The van der Waals surface area contributed by atoms with E-state index in [1.807, 2.05) is 17.0 Å². The third-order valence-electron chi connectivity index (χ3n) is 5.07. The first-order valence-corrected chi connectivity index (χ1v) is 9.28. The molecule has 2 aliphatic rings. The molecule has 2 saturated heterocycles. The molecule has 1 spiro atoms. The number of pyridine rings is 1. The van der Waals surface area contributed by atoms with Crippen molar-refractivity contribution in [2.45, 2.75) is 45.3 Å². The first kappa shape index (κ1) is 18.1. The molecule has 0 N–H and O–H groups in total. The van der Waals surface area contributed by atoms with Crippen molar-refractivity contribution in [3.05, 3.63) is 23.9 Å². The first-order valence-electron chi connectivity index (χ1n) is 9.28. The van der Waals surface area contributed by atoms with Gasteiger partial charge in [-0.2, -0.15) is 0 Å². The lowest BCUT2D eigenvalue weighted by Crippen LogP contribution is -2.57. The van der Waals surface area contributed by atoms with Crippen molar-refractivity contribution < 1.29 is 14.3 Å². The number of rotatable bonds is 4. The Morgan fingerprint density at radius 3 is 2.84 bits per heavy atom. The number of morpholine rings is 1. The summed E-state index contributed by atoms with van der Waals surface area (Å²) in [5.41, 5.74) is 0.313. The number of carbonyl (C=O) groups excluding carboxylic acids is 1. The predicted octanol–water partition coefficient (Wildman–Crippen LogP) is 2.34. The van der Waals surface area contributed by atoms with Crippen LogP contribution in [0.2, 0.25) is 0 Å². The van der Waals surface area contributed by atoms with Crippen LogP contribution in [-0.2, 0) is 9.47 Å². The fraction of sp³-hybridized carbons (Fsp3) is 0.684. The fourth-order valence-electron chi connectivity index (χ4n) is 3.74. The number of hydrogen-bond donors (Lipinski definition) is 0. The fourth-order valence-corrected chi connectivity index (χ4v) is 3.74. The summed E-state index contributed by atoms with van der Waals surface area (Å²) >= 11 is 0. The standard InChI is InChI=1S/C19H29N3O3/c1-4-22(15(2)3)17-7-6-16(12-20-17)18(23)21-9-11-25-19(13-21)8-5-10-24-14-19/h6-7,12,15H,4-5,8-11,13-14H2,1-3H3. The Hall–Kier alpha value is -1.66. The summed E-state index contributed by atoms with van der Waals surface area (Å²) in [7, 11) is 0. The van der Waals surface area contributed by atoms with Crippen molar-refractivity contribution >= 4 is 11.7 Å². The molecule has 1 amide bonds. The molecule has 0 saturated carbocycles. The van der Waals surface area contributed by atoms with Crippen LogP contribution < -0.4 is 4.90 Å². The van der Waals surface area contributed by atoms with E-state index in [4.69, 9.17) is 9.47 Å². The maximum atomic E-state index is 12.9. The van der Waals surface area contributed by atoms with Crippen molar-refractivity contribution in [1.82, 2.24) is 9.88 Å². The second kappa shape index (κ2) is 7.70. The van der Waals surface area contributed by atoms with Gasteiger partial charge in [0.25, 0.3) is 5.91 Å². The minimum Gasteiger partial charge on any atom is -0.378 e. The smallest absolute Gasteiger partial charge is 0.255 e. The highest BCUT2D eigenvalue weighted by Crippen LogP contribution is 2.28. The molecule has 1 unspecified atom stereocenters. The van der Waals surface area contributed by atoms with Gasteiger partial charge in [0.05, 0.1) is 25.3 Å². The molecule has 1 atom stereocenters. The average molecular weight is 347 g/mol. The molecule has 3 heterocycles. The van der Waals surface area contributed by atoms with E-state index >= 15 is 0 Å². The number of aromatic nitrogens is 1. The third kappa shape index (κ3) is 3.96. The Morgan fingerprint density at radius 2 is 2.24 bits per heavy atom. The third-order valence-corrected chi connectivity index (χ3v) is 5.07. The van der Waals surface area contributed by atoms with Gasteiger partial charge in [-0.3, -0.25) is 4.79 Å². The first-order chi connectivity index (χ1) is 12.0. The molecule has 0 radical (unpaired) electrons. The Bertz CT molecular complexity index is 577. The summed E-state index contributed by atoms with van der Waals surface area (Å²) in [4.78, 5) is 21.5. The van der Waals surface area contributed by atoms with Gasteiger partial charge in [0.15, 0.2) is 0 Å². The summed E-state index contributed by atoms with van der Waals surface area (Å²) in [6.45, 7) is 10.4. The number of ether oxygens (including phenoxy) is 2. The van der Waals surface area contributed by atoms with Crippen LogP contribution >= 0.6 is 0 Å². The lowest BCUT2D eigenvalue weighted by Gasteiger charge is -2.44. The SMILES string of the molecule is CCN(c1ccc(C(=O)N2CCOC3(CCCOC3)C2)cn1)C(C)C. The average Bonchev–Trinajstić information content (AvgIpc) is 2.63. The van der Waals surface area contributed by atoms with Gasteiger partial charge in [-0.1, -0.05) is 0 Å². The Labute approximate surface area is 150 Å². The molecule has 1 aromatic rings. The normalized spacial score (nSPS) is 23.9. The molecule has 25 heavy (non-hydrogen) atoms. The molecule has 138 valence electrons. The van der Waals surface area contributed by atoms with Gasteiger partial charge in [-0.25, -0.2) is 4.98 Å². The van der Waals surface area contributed by atoms with Crippen molar-refractivity contribution in [3.8, 4) is 0 Å². The second-order valence-electron chi connectivity index (χ2n) is 7.20. The Kier molecular flexibility index (Phi) is 5.59. The van der Waals surface area contributed by atoms with E-state index in [2.05, 4.69) is 30.7 Å². The Balaban J connectivity index is 1.70. The molecule has 2 fully saturated rings. The van der Waals surface area contributed by atoms with Crippen LogP contribution in [0.5, 0.6) is 0 Å². The predicted molar refractivity (Wildman–Crippen MR) is 97.0 cm³/mol. The van der Waals surface area contributed by atoms with Gasteiger partial charge >= 0.3 is 0 Å². The van der Waals surface area contributed by atoms with E-state index in [0.717, 1.165) is 31.8 Å². The highest BCUT2D eigenvalue weighted by molar-refractivity contribution is 5.94. The van der Waals surface area contributed by atoms with Crippen LogP contribution in [0.3, 0.4) is 0 Å². The number of hydrogen-bond acceptors (Lipinski definition) is 5. The lowest BCUT2D eigenvalue weighted by molar-refractivity contribution is -0.160. The van der Waals surface area contributed by atoms with Crippen molar-refractivity contribution in [2.75, 3.05) is 44.4 Å². The van der Waals surface area contributed by atoms with Gasteiger partial charge < -0.3 is 19.3 Å². The molecular weight excluding hydrogens is 318 g/mol. The maximum Gasteiger partial charge on any atom is 0.255 e. The summed E-state index contributed by atoms with van der Waals surface area (Å²) in [5.74, 6) is 0.938. The quantitative estimate of drug-likeness (QED) is 0.837. The number of nitrogens with zero attached hydrogens (tertiary/aromatic N) is 3. The molecule has 3 rings (SSSR count). The minimum absolute atomic E-state index is 0.0277. The molecule has 6 nitrogen and oxygen atoms in total. The molecule has 2 aliphatic heterocycles. The van der Waals surface area contributed by atoms with Crippen LogP contribution in [0.4, 0.5) is 5.82 Å². The van der Waals surface area contributed by atoms with Gasteiger partial charge in [0, 0.05) is 31.9 Å². The molecule has 0 aromatic carbocycles. The van der Waals surface area contributed by atoms with Crippen LogP contribution in [0.25, 0.3) is 0 Å². The maximum absolute atomic E-state index is 12.9. The van der Waals surface area contributed by atoms with Gasteiger partial charge in [-0.05, 0) is 45.7 Å². The van der Waals surface area contributed by atoms with Gasteiger partial charge in [0.1, 0.15) is 11.4 Å². The molecule has 0 aliphatic carbocycles. The van der Waals surface area contributed by atoms with Crippen LogP contribution in [0, 0.1) is 0 Å². The van der Waals surface area contributed by atoms with E-state index in [9.17, 15) is 4.79 Å². The zero-order valence-corrected chi connectivity index (χ0v) is 15.5. The summed E-state index contributed by atoms with van der Waals surface area (Å²) in [6, 6.07) is 4.20. The van der Waals surface area contributed by atoms with Crippen LogP contribution in [-0.4, -0.2) is 66.9 Å². The summed E-state index contributed by atoms with van der Waals surface area (Å²) in [6.07, 6.45) is 3.64. The molecule has 6 heteroatoms. The summed E-state index contributed by atoms with van der Waals surface area (Å²) in [5, 5.41) is 0. The van der Waals surface area contributed by atoms with Crippen molar-refractivity contribution in [3.63, 3.8) is 0 Å². The number of carbonyl (C=O) groups is 1. The van der Waals surface area contributed by atoms with Gasteiger partial charge in [-0.15, -0.1) is 0 Å². The molecule has 0 bridgehead atoms. The van der Waals surface area contributed by atoms with E-state index in [0.29, 0.717) is 37.9 Å². The monoisotopic (exact) mass is 347 g/mol. The van der Waals surface area contributed by atoms with Crippen molar-refractivity contribution in [1.29, 1.82) is 0 Å². The minimum atomic E-state index is -0.323. The van der Waals surface area contributed by atoms with Crippen molar-refractivity contribution in [2.24, 2.45) is 0 Å². The number of anilines is 1. The topological polar surface area (TPSA) is 54.9 Å². The zero-order chi connectivity index (χ0) is 17.9. The highest BCUT2D eigenvalue weighted by Gasteiger charge is 2.40. The van der Waals surface area contributed by atoms with Crippen LogP contribution in [0.15, 0.2) is 18.3 Å². The summed E-state index contributed by atoms with van der Waals surface area (Å²) < 4.78 is 11.6. The van der Waals surface area contributed by atoms with E-state index < -0.39 is 0 Å². The lowest BCUT2D eigenvalue weighted by atomic mass is 9.94. The highest BCUT2D eigenvalue weighted by atomic mass is 16.5. The number of amides is 1. The zero-order valence-electron chi connectivity index (χ0n) is 15.5. The molecule has 1 aromatic heterocycles. The molecular formula is C19H29N3O3. The Morgan fingerprint density at radius 1 is 1.40 bits per heavy atom. The second-order valence-corrected chi connectivity index (χ2v) is 7.20. The van der Waals surface area contributed by atoms with E-state index in [-0.39, 0.29) is 11.5 Å². The largest absolute Gasteiger partial charge is 0.378 e. The van der Waals surface area contributed by atoms with E-state index in [1.54, 1.807) is 6.20 Å².